The van der Waals surface area contributed by atoms with Gasteiger partial charge in [-0.3, -0.25) is 0 Å². The minimum atomic E-state index is -2.90. The molecule has 0 heterocycles. The quantitative estimate of drug-likeness (QED) is 0.876. The predicted molar refractivity (Wildman–Crippen MR) is 75.9 cm³/mol. The summed E-state index contributed by atoms with van der Waals surface area (Å²) in [5, 5.41) is 10.3. The molecule has 19 heavy (non-hydrogen) atoms. The van der Waals surface area contributed by atoms with Crippen LogP contribution >= 0.6 is 0 Å². The van der Waals surface area contributed by atoms with Crippen molar-refractivity contribution in [1.82, 2.24) is 4.90 Å². The van der Waals surface area contributed by atoms with Crippen molar-refractivity contribution in [2.75, 3.05) is 25.6 Å². The van der Waals surface area contributed by atoms with Crippen LogP contribution in [-0.2, 0) is 16.3 Å². The topological polar surface area (TPSA) is 57.6 Å². The Morgan fingerprint density at radius 2 is 2.05 bits per heavy atom. The molecule has 0 aliphatic heterocycles. The highest BCUT2D eigenvalue weighted by atomic mass is 32.2. The summed E-state index contributed by atoms with van der Waals surface area (Å²) in [6, 6.07) is 7.98. The van der Waals surface area contributed by atoms with Gasteiger partial charge >= 0.3 is 0 Å². The summed E-state index contributed by atoms with van der Waals surface area (Å²) >= 11 is 0. The summed E-state index contributed by atoms with van der Waals surface area (Å²) in [7, 11) is -0.953. The van der Waals surface area contributed by atoms with Crippen LogP contribution < -0.4 is 0 Å². The molecular formula is C14H21NO3S. The summed E-state index contributed by atoms with van der Waals surface area (Å²) < 4.78 is 22.2. The minimum Gasteiger partial charge on any atom is -0.387 e. The Kier molecular flexibility index (Phi) is 4.28. The van der Waals surface area contributed by atoms with Gasteiger partial charge in [0.2, 0.25) is 0 Å². The summed E-state index contributed by atoms with van der Waals surface area (Å²) in [5.74, 6) is 0.201. The van der Waals surface area contributed by atoms with Crippen molar-refractivity contribution in [3.8, 4) is 0 Å². The van der Waals surface area contributed by atoms with E-state index in [1.165, 1.54) is 11.8 Å². The lowest BCUT2D eigenvalue weighted by molar-refractivity contribution is 0.0763. The monoisotopic (exact) mass is 283 g/mol. The Balaban J connectivity index is 1.94. The molecule has 0 aromatic heterocycles. The van der Waals surface area contributed by atoms with Crippen molar-refractivity contribution in [2.24, 2.45) is 0 Å². The van der Waals surface area contributed by atoms with E-state index in [0.717, 1.165) is 12.0 Å². The maximum absolute atomic E-state index is 11.1. The van der Waals surface area contributed by atoms with Crippen molar-refractivity contribution in [2.45, 2.75) is 25.0 Å². The fraction of sp³-hybridized carbons (Fsp3) is 0.571. The molecule has 1 aliphatic rings. The van der Waals surface area contributed by atoms with Gasteiger partial charge in [-0.05, 0) is 37.6 Å². The third-order valence-electron chi connectivity index (χ3n) is 3.76. The van der Waals surface area contributed by atoms with E-state index < -0.39 is 15.9 Å². The molecule has 0 fully saturated rings. The molecule has 1 aliphatic carbocycles. The standard InChI is InChI=1S/C14H21NO3S/c1-15(8-5-9-19(2,17)18)13-10-11-6-3-4-7-12(11)14(13)16/h3-4,6-7,13-14,16H,5,8-10H2,1-2H3/t13-,14-/m1/s1. The number of likely N-dealkylation sites (N-methyl/N-ethyl adjacent to an activating group) is 1. The second kappa shape index (κ2) is 5.61. The first-order chi connectivity index (χ1) is 8.88. The molecular weight excluding hydrogens is 262 g/mol. The van der Waals surface area contributed by atoms with Gasteiger partial charge < -0.3 is 10.0 Å². The number of benzene rings is 1. The van der Waals surface area contributed by atoms with E-state index in [1.807, 2.05) is 31.3 Å². The molecule has 4 nitrogen and oxygen atoms in total. The van der Waals surface area contributed by atoms with Gasteiger partial charge in [-0.1, -0.05) is 24.3 Å². The lowest BCUT2D eigenvalue weighted by Crippen LogP contribution is -2.36. The van der Waals surface area contributed by atoms with Crippen molar-refractivity contribution in [3.05, 3.63) is 35.4 Å². The van der Waals surface area contributed by atoms with Crippen LogP contribution in [0.2, 0.25) is 0 Å². The molecule has 106 valence electrons. The highest BCUT2D eigenvalue weighted by molar-refractivity contribution is 7.90. The Hall–Kier alpha value is -0.910. The van der Waals surface area contributed by atoms with E-state index in [9.17, 15) is 13.5 Å². The van der Waals surface area contributed by atoms with Gasteiger partial charge in [0, 0.05) is 12.3 Å². The number of fused-ring (bicyclic) bond motifs is 1. The van der Waals surface area contributed by atoms with E-state index >= 15 is 0 Å². The second-order valence-corrected chi connectivity index (χ2v) is 7.64. The number of hydrogen-bond acceptors (Lipinski definition) is 4. The van der Waals surface area contributed by atoms with E-state index in [-0.39, 0.29) is 11.8 Å². The third kappa shape index (κ3) is 3.55. The molecule has 0 amide bonds. The van der Waals surface area contributed by atoms with E-state index in [2.05, 4.69) is 4.90 Å². The van der Waals surface area contributed by atoms with Gasteiger partial charge in [-0.2, -0.15) is 0 Å². The molecule has 1 N–H and O–H groups in total. The zero-order valence-electron chi connectivity index (χ0n) is 11.4. The average molecular weight is 283 g/mol. The first kappa shape index (κ1) is 14.5. The molecule has 0 unspecified atom stereocenters. The van der Waals surface area contributed by atoms with Crippen molar-refractivity contribution >= 4 is 9.84 Å². The number of hydrogen-bond donors (Lipinski definition) is 1. The predicted octanol–water partition coefficient (Wildman–Crippen LogP) is 1.01. The third-order valence-corrected chi connectivity index (χ3v) is 4.79. The lowest BCUT2D eigenvalue weighted by atomic mass is 10.1. The van der Waals surface area contributed by atoms with Gasteiger partial charge in [0.1, 0.15) is 9.84 Å². The maximum Gasteiger partial charge on any atom is 0.147 e. The van der Waals surface area contributed by atoms with Crippen LogP contribution in [0.1, 0.15) is 23.7 Å². The van der Waals surface area contributed by atoms with Crippen LogP contribution in [0.15, 0.2) is 24.3 Å². The van der Waals surface area contributed by atoms with Crippen molar-refractivity contribution in [3.63, 3.8) is 0 Å². The smallest absolute Gasteiger partial charge is 0.147 e. The molecule has 0 saturated carbocycles. The molecule has 0 saturated heterocycles. The summed E-state index contributed by atoms with van der Waals surface area (Å²) in [4.78, 5) is 2.07. The van der Waals surface area contributed by atoms with Crippen LogP contribution in [0.4, 0.5) is 0 Å². The normalized spacial score (nSPS) is 22.7. The SMILES string of the molecule is CN(CCCS(C)(=O)=O)[C@@H]1Cc2ccccc2[C@H]1O. The van der Waals surface area contributed by atoms with Gasteiger partial charge in [0.25, 0.3) is 0 Å². The number of sulfone groups is 1. The Morgan fingerprint density at radius 1 is 1.37 bits per heavy atom. The lowest BCUT2D eigenvalue weighted by Gasteiger charge is -2.27. The van der Waals surface area contributed by atoms with Crippen molar-refractivity contribution < 1.29 is 13.5 Å². The first-order valence-corrected chi connectivity index (χ1v) is 8.58. The van der Waals surface area contributed by atoms with Crippen LogP contribution in [0.5, 0.6) is 0 Å². The largest absolute Gasteiger partial charge is 0.387 e. The fourth-order valence-corrected chi connectivity index (χ4v) is 3.35. The minimum absolute atomic E-state index is 0.0527. The van der Waals surface area contributed by atoms with Gasteiger partial charge in [-0.15, -0.1) is 0 Å². The Morgan fingerprint density at radius 3 is 2.68 bits per heavy atom. The zero-order valence-corrected chi connectivity index (χ0v) is 12.2. The first-order valence-electron chi connectivity index (χ1n) is 6.52. The van der Waals surface area contributed by atoms with Gasteiger partial charge in [0.15, 0.2) is 0 Å². The van der Waals surface area contributed by atoms with Crippen LogP contribution in [0, 0.1) is 0 Å². The Bertz CT molecular complexity index is 541. The molecule has 2 atom stereocenters. The van der Waals surface area contributed by atoms with Crippen molar-refractivity contribution in [1.29, 1.82) is 0 Å². The highest BCUT2D eigenvalue weighted by Crippen LogP contribution is 2.33. The van der Waals surface area contributed by atoms with E-state index in [1.54, 1.807) is 0 Å². The maximum atomic E-state index is 11.1. The number of aliphatic hydroxyl groups is 1. The molecule has 0 radical (unpaired) electrons. The van der Waals surface area contributed by atoms with Crippen LogP contribution in [0.25, 0.3) is 0 Å². The molecule has 0 spiro atoms. The average Bonchev–Trinajstić information content (AvgIpc) is 2.66. The van der Waals surface area contributed by atoms with Gasteiger partial charge in [0.05, 0.1) is 11.9 Å². The summed E-state index contributed by atoms with van der Waals surface area (Å²) in [6.45, 7) is 0.683. The van der Waals surface area contributed by atoms with Crippen LogP contribution in [0.3, 0.4) is 0 Å². The number of rotatable bonds is 5. The fourth-order valence-electron chi connectivity index (χ4n) is 2.69. The number of nitrogens with zero attached hydrogens (tertiary/aromatic N) is 1. The molecule has 0 bridgehead atoms. The molecule has 5 heteroatoms. The zero-order chi connectivity index (χ0) is 14.0. The summed E-state index contributed by atoms with van der Waals surface area (Å²) in [5.41, 5.74) is 2.19. The van der Waals surface area contributed by atoms with E-state index in [0.29, 0.717) is 13.0 Å². The molecule has 1 aromatic rings. The molecule has 1 aromatic carbocycles. The number of aliphatic hydroxyl groups excluding tert-OH is 1. The second-order valence-electron chi connectivity index (χ2n) is 5.38. The summed E-state index contributed by atoms with van der Waals surface area (Å²) in [6.07, 6.45) is 2.22. The van der Waals surface area contributed by atoms with Crippen LogP contribution in [-0.4, -0.2) is 50.1 Å². The highest BCUT2D eigenvalue weighted by Gasteiger charge is 2.32. The van der Waals surface area contributed by atoms with Gasteiger partial charge in [-0.25, -0.2) is 8.42 Å². The van der Waals surface area contributed by atoms with E-state index in [4.69, 9.17) is 0 Å². The Labute approximate surface area is 115 Å². The molecule has 2 rings (SSSR count).